The quantitative estimate of drug-likeness (QED) is 0.775. The summed E-state index contributed by atoms with van der Waals surface area (Å²) in [6.07, 6.45) is 0. The highest BCUT2D eigenvalue weighted by Gasteiger charge is 2.16. The predicted octanol–water partition coefficient (Wildman–Crippen LogP) is 0.745. The van der Waals surface area contributed by atoms with E-state index < -0.39 is 0 Å². The number of rotatable bonds is 2. The van der Waals surface area contributed by atoms with E-state index in [1.165, 1.54) is 0 Å². The summed E-state index contributed by atoms with van der Waals surface area (Å²) >= 11 is 0. The molecule has 2 N–H and O–H groups in total. The predicted molar refractivity (Wildman–Crippen MR) is 59.9 cm³/mol. The van der Waals surface area contributed by atoms with Gasteiger partial charge in [-0.25, -0.2) is 0 Å². The van der Waals surface area contributed by atoms with Crippen LogP contribution in [-0.4, -0.2) is 26.7 Å². The molecule has 1 heterocycles. The van der Waals surface area contributed by atoms with Crippen LogP contribution in [-0.2, 0) is 11.3 Å². The van der Waals surface area contributed by atoms with E-state index in [2.05, 4.69) is 10.6 Å². The lowest BCUT2D eigenvalue weighted by atomic mass is 10.1. The number of ether oxygens (including phenoxy) is 2. The maximum absolute atomic E-state index is 11.4. The first kappa shape index (κ1) is 10.8. The number of hydrogen-bond acceptors (Lipinski definition) is 4. The average molecular weight is 222 g/mol. The molecule has 2 rings (SSSR count). The lowest BCUT2D eigenvalue weighted by molar-refractivity contribution is -0.115. The van der Waals surface area contributed by atoms with E-state index >= 15 is 0 Å². The van der Waals surface area contributed by atoms with Gasteiger partial charge in [0.25, 0.3) is 0 Å². The number of anilines is 1. The number of carbonyl (C=O) groups is 1. The highest BCUT2D eigenvalue weighted by atomic mass is 16.5. The standard InChI is InChI=1S/C11H14N2O3/c1-15-9-3-7-5-12-6-11(14)13-8(7)4-10(9)16-2/h3-4,12H,5-6H2,1-2H3,(H,13,14). The minimum absolute atomic E-state index is 0.0500. The van der Waals surface area contributed by atoms with Crippen LogP contribution in [0.4, 0.5) is 5.69 Å². The second-order valence-corrected chi connectivity index (χ2v) is 3.52. The fraction of sp³-hybridized carbons (Fsp3) is 0.364. The zero-order valence-corrected chi connectivity index (χ0v) is 9.29. The fourth-order valence-corrected chi connectivity index (χ4v) is 1.69. The van der Waals surface area contributed by atoms with Gasteiger partial charge < -0.3 is 20.1 Å². The molecule has 1 amide bonds. The summed E-state index contributed by atoms with van der Waals surface area (Å²) in [7, 11) is 3.16. The molecule has 86 valence electrons. The molecule has 0 bridgehead atoms. The monoisotopic (exact) mass is 222 g/mol. The summed E-state index contributed by atoms with van der Waals surface area (Å²) < 4.78 is 10.4. The first-order chi connectivity index (χ1) is 7.74. The molecule has 0 radical (unpaired) electrons. The zero-order valence-electron chi connectivity index (χ0n) is 9.29. The second kappa shape index (κ2) is 4.40. The molecule has 0 fully saturated rings. The Morgan fingerprint density at radius 1 is 1.12 bits per heavy atom. The molecule has 5 nitrogen and oxygen atoms in total. The lowest BCUT2D eigenvalue weighted by Gasteiger charge is -2.12. The topological polar surface area (TPSA) is 59.6 Å². The van der Waals surface area contributed by atoms with Crippen molar-refractivity contribution < 1.29 is 14.3 Å². The summed E-state index contributed by atoms with van der Waals surface area (Å²) in [5.74, 6) is 1.23. The number of benzene rings is 1. The molecule has 0 atom stereocenters. The normalized spacial score (nSPS) is 14.8. The molecule has 0 saturated carbocycles. The first-order valence-corrected chi connectivity index (χ1v) is 5.00. The van der Waals surface area contributed by atoms with E-state index in [-0.39, 0.29) is 5.91 Å². The van der Waals surface area contributed by atoms with Crippen LogP contribution < -0.4 is 20.1 Å². The molecule has 16 heavy (non-hydrogen) atoms. The van der Waals surface area contributed by atoms with E-state index in [0.29, 0.717) is 24.6 Å². The minimum atomic E-state index is -0.0500. The second-order valence-electron chi connectivity index (χ2n) is 3.52. The van der Waals surface area contributed by atoms with Crippen LogP contribution in [0.1, 0.15) is 5.56 Å². The first-order valence-electron chi connectivity index (χ1n) is 5.00. The molecular formula is C11H14N2O3. The van der Waals surface area contributed by atoms with Crippen molar-refractivity contribution in [2.75, 3.05) is 26.1 Å². The number of nitrogens with one attached hydrogen (secondary N) is 2. The number of methoxy groups -OCH3 is 2. The Morgan fingerprint density at radius 3 is 2.50 bits per heavy atom. The molecule has 0 saturated heterocycles. The highest BCUT2D eigenvalue weighted by molar-refractivity contribution is 5.94. The Balaban J connectivity index is 2.44. The maximum atomic E-state index is 11.4. The summed E-state index contributed by atoms with van der Waals surface area (Å²) in [6.45, 7) is 0.952. The number of amides is 1. The summed E-state index contributed by atoms with van der Waals surface area (Å²) in [5, 5.41) is 5.84. The molecule has 0 aliphatic carbocycles. The molecule has 1 aromatic carbocycles. The summed E-state index contributed by atoms with van der Waals surface area (Å²) in [4.78, 5) is 11.4. The molecule has 1 aliphatic rings. The van der Waals surface area contributed by atoms with Gasteiger partial charge in [0.2, 0.25) is 5.91 Å². The molecule has 1 aliphatic heterocycles. The van der Waals surface area contributed by atoms with Gasteiger partial charge in [-0.15, -0.1) is 0 Å². The number of fused-ring (bicyclic) bond motifs is 1. The van der Waals surface area contributed by atoms with Crippen molar-refractivity contribution >= 4 is 11.6 Å². The van der Waals surface area contributed by atoms with Gasteiger partial charge in [0.05, 0.1) is 20.8 Å². The van der Waals surface area contributed by atoms with Gasteiger partial charge in [0.1, 0.15) is 0 Å². The fourth-order valence-electron chi connectivity index (χ4n) is 1.69. The Kier molecular flexibility index (Phi) is 2.96. The van der Waals surface area contributed by atoms with E-state index in [0.717, 1.165) is 11.3 Å². The van der Waals surface area contributed by atoms with E-state index in [1.807, 2.05) is 6.07 Å². The smallest absolute Gasteiger partial charge is 0.238 e. The third-order valence-electron chi connectivity index (χ3n) is 2.48. The van der Waals surface area contributed by atoms with Gasteiger partial charge in [-0.1, -0.05) is 0 Å². The van der Waals surface area contributed by atoms with Crippen LogP contribution in [0, 0.1) is 0 Å². The largest absolute Gasteiger partial charge is 0.493 e. The van der Waals surface area contributed by atoms with Crippen molar-refractivity contribution in [3.05, 3.63) is 17.7 Å². The SMILES string of the molecule is COc1cc2c(cc1OC)NC(=O)CNC2. The van der Waals surface area contributed by atoms with Crippen LogP contribution in [0.3, 0.4) is 0 Å². The molecule has 5 heteroatoms. The van der Waals surface area contributed by atoms with Crippen LogP contribution >= 0.6 is 0 Å². The third kappa shape index (κ3) is 1.94. The number of hydrogen-bond donors (Lipinski definition) is 2. The molecule has 1 aromatic rings. The van der Waals surface area contributed by atoms with Crippen LogP contribution in [0.5, 0.6) is 11.5 Å². The van der Waals surface area contributed by atoms with Gasteiger partial charge in [0, 0.05) is 18.3 Å². The lowest BCUT2D eigenvalue weighted by Crippen LogP contribution is -2.23. The summed E-state index contributed by atoms with van der Waals surface area (Å²) in [6, 6.07) is 3.64. The Labute approximate surface area is 93.7 Å². The molecule has 0 spiro atoms. The van der Waals surface area contributed by atoms with Gasteiger partial charge >= 0.3 is 0 Å². The van der Waals surface area contributed by atoms with Gasteiger partial charge in [-0.3, -0.25) is 4.79 Å². The van der Waals surface area contributed by atoms with Crippen molar-refractivity contribution in [1.82, 2.24) is 5.32 Å². The van der Waals surface area contributed by atoms with Gasteiger partial charge in [-0.2, -0.15) is 0 Å². The maximum Gasteiger partial charge on any atom is 0.238 e. The van der Waals surface area contributed by atoms with Crippen molar-refractivity contribution in [2.45, 2.75) is 6.54 Å². The Morgan fingerprint density at radius 2 is 1.81 bits per heavy atom. The van der Waals surface area contributed by atoms with Gasteiger partial charge in [0.15, 0.2) is 11.5 Å². The van der Waals surface area contributed by atoms with Crippen LogP contribution in [0.2, 0.25) is 0 Å². The third-order valence-corrected chi connectivity index (χ3v) is 2.48. The Bertz CT molecular complexity index is 418. The van der Waals surface area contributed by atoms with Crippen molar-refractivity contribution in [1.29, 1.82) is 0 Å². The minimum Gasteiger partial charge on any atom is -0.493 e. The molecular weight excluding hydrogens is 208 g/mol. The van der Waals surface area contributed by atoms with Crippen LogP contribution in [0.25, 0.3) is 0 Å². The zero-order chi connectivity index (χ0) is 11.5. The van der Waals surface area contributed by atoms with Gasteiger partial charge in [-0.05, 0) is 11.6 Å². The van der Waals surface area contributed by atoms with Crippen molar-refractivity contribution in [3.63, 3.8) is 0 Å². The number of carbonyl (C=O) groups excluding carboxylic acids is 1. The molecule has 0 aromatic heterocycles. The van der Waals surface area contributed by atoms with E-state index in [9.17, 15) is 4.79 Å². The summed E-state index contributed by atoms with van der Waals surface area (Å²) in [5.41, 5.74) is 1.76. The van der Waals surface area contributed by atoms with Crippen molar-refractivity contribution in [3.8, 4) is 11.5 Å². The Hall–Kier alpha value is -1.75. The van der Waals surface area contributed by atoms with E-state index in [1.54, 1.807) is 20.3 Å². The van der Waals surface area contributed by atoms with E-state index in [4.69, 9.17) is 9.47 Å². The highest BCUT2D eigenvalue weighted by Crippen LogP contribution is 2.33. The molecule has 0 unspecified atom stereocenters. The van der Waals surface area contributed by atoms with Crippen LogP contribution in [0.15, 0.2) is 12.1 Å². The average Bonchev–Trinajstić information content (AvgIpc) is 2.47. The van der Waals surface area contributed by atoms with Crippen molar-refractivity contribution in [2.24, 2.45) is 0 Å².